The minimum atomic E-state index is -0.577. The summed E-state index contributed by atoms with van der Waals surface area (Å²) in [5, 5.41) is 9.66. The summed E-state index contributed by atoms with van der Waals surface area (Å²) in [5.74, 6) is 0. The summed E-state index contributed by atoms with van der Waals surface area (Å²) in [6.45, 7) is 9.06. The van der Waals surface area contributed by atoms with Crippen molar-refractivity contribution in [2.24, 2.45) is 5.73 Å². The van der Waals surface area contributed by atoms with Gasteiger partial charge in [0.05, 0.1) is 24.9 Å². The molecule has 4 heteroatoms. The number of ether oxygens (including phenoxy) is 2. The van der Waals surface area contributed by atoms with Crippen LogP contribution >= 0.6 is 0 Å². The molecule has 1 atom stereocenters. The molecule has 0 aromatic rings. The van der Waals surface area contributed by atoms with Crippen LogP contribution in [0.4, 0.5) is 0 Å². The van der Waals surface area contributed by atoms with Crippen molar-refractivity contribution in [1.29, 1.82) is 0 Å². The first kappa shape index (κ1) is 15.8. The molecular weight excluding hydrogens is 206 g/mol. The van der Waals surface area contributed by atoms with Crippen LogP contribution in [0.5, 0.6) is 0 Å². The van der Waals surface area contributed by atoms with E-state index in [1.165, 1.54) is 0 Å². The van der Waals surface area contributed by atoms with Crippen molar-refractivity contribution in [3.8, 4) is 0 Å². The number of nitrogens with two attached hydrogens (primary N) is 1. The first-order valence-corrected chi connectivity index (χ1v) is 6.13. The molecular formula is C12H27NO3. The maximum absolute atomic E-state index is 9.66. The second-order valence-electron chi connectivity index (χ2n) is 4.44. The Morgan fingerprint density at radius 2 is 1.75 bits per heavy atom. The molecule has 0 aliphatic heterocycles. The average Bonchev–Trinajstić information content (AvgIpc) is 2.29. The highest BCUT2D eigenvalue weighted by molar-refractivity contribution is 4.79. The maximum atomic E-state index is 9.66. The first-order valence-electron chi connectivity index (χ1n) is 6.13. The molecule has 0 amide bonds. The van der Waals surface area contributed by atoms with Gasteiger partial charge in [-0.05, 0) is 26.7 Å². The molecule has 0 radical (unpaired) electrons. The van der Waals surface area contributed by atoms with Crippen molar-refractivity contribution in [3.05, 3.63) is 0 Å². The Kier molecular flexibility index (Phi) is 7.93. The molecule has 0 aromatic heterocycles. The third-order valence-corrected chi connectivity index (χ3v) is 2.86. The van der Waals surface area contributed by atoms with Gasteiger partial charge in [-0.1, -0.05) is 13.8 Å². The van der Waals surface area contributed by atoms with E-state index in [1.54, 1.807) is 0 Å². The van der Waals surface area contributed by atoms with E-state index in [-0.39, 0.29) is 18.3 Å². The highest BCUT2D eigenvalue weighted by Crippen LogP contribution is 2.19. The molecule has 0 spiro atoms. The molecule has 0 saturated heterocycles. The zero-order valence-corrected chi connectivity index (χ0v) is 11.0. The van der Waals surface area contributed by atoms with Crippen molar-refractivity contribution in [1.82, 2.24) is 0 Å². The average molecular weight is 233 g/mol. The van der Waals surface area contributed by atoms with Gasteiger partial charge in [0.15, 0.2) is 0 Å². The number of rotatable bonds is 9. The van der Waals surface area contributed by atoms with Gasteiger partial charge in [-0.3, -0.25) is 0 Å². The van der Waals surface area contributed by atoms with Crippen LogP contribution in [0.1, 0.15) is 40.5 Å². The standard InChI is InChI=1S/C12H27NO3/c1-5-12(6-2,9-13)16-8-11(14)7-15-10(3)4/h10-11,14H,5-9,13H2,1-4H3. The van der Waals surface area contributed by atoms with Gasteiger partial charge in [0.25, 0.3) is 0 Å². The van der Waals surface area contributed by atoms with Crippen molar-refractivity contribution < 1.29 is 14.6 Å². The topological polar surface area (TPSA) is 64.7 Å². The van der Waals surface area contributed by atoms with Crippen LogP contribution in [0.15, 0.2) is 0 Å². The Morgan fingerprint density at radius 1 is 1.19 bits per heavy atom. The SMILES string of the molecule is CCC(CC)(CN)OCC(O)COC(C)C. The van der Waals surface area contributed by atoms with Crippen LogP contribution in [0.2, 0.25) is 0 Å². The normalized spacial score (nSPS) is 14.4. The fourth-order valence-corrected chi connectivity index (χ4v) is 1.43. The summed E-state index contributed by atoms with van der Waals surface area (Å²) in [5.41, 5.74) is 5.41. The smallest absolute Gasteiger partial charge is 0.101 e. The van der Waals surface area contributed by atoms with Gasteiger partial charge >= 0.3 is 0 Å². The number of hydrogen-bond donors (Lipinski definition) is 2. The predicted molar refractivity (Wildman–Crippen MR) is 65.4 cm³/mol. The zero-order valence-electron chi connectivity index (χ0n) is 11.0. The molecule has 0 aliphatic carbocycles. The highest BCUT2D eigenvalue weighted by atomic mass is 16.5. The number of aliphatic hydroxyl groups is 1. The molecule has 1 unspecified atom stereocenters. The maximum Gasteiger partial charge on any atom is 0.101 e. The van der Waals surface area contributed by atoms with E-state index < -0.39 is 6.10 Å². The van der Waals surface area contributed by atoms with Crippen molar-refractivity contribution in [2.45, 2.75) is 58.3 Å². The molecule has 16 heavy (non-hydrogen) atoms. The van der Waals surface area contributed by atoms with Gasteiger partial charge in [-0.25, -0.2) is 0 Å². The quantitative estimate of drug-likeness (QED) is 0.630. The lowest BCUT2D eigenvalue weighted by atomic mass is 9.97. The van der Waals surface area contributed by atoms with E-state index in [2.05, 4.69) is 0 Å². The van der Waals surface area contributed by atoms with Gasteiger partial charge in [0.2, 0.25) is 0 Å². The molecule has 0 fully saturated rings. The van der Waals surface area contributed by atoms with Gasteiger partial charge in [0, 0.05) is 6.54 Å². The van der Waals surface area contributed by atoms with Crippen LogP contribution in [0.3, 0.4) is 0 Å². The second kappa shape index (κ2) is 8.01. The van der Waals surface area contributed by atoms with E-state index in [0.717, 1.165) is 12.8 Å². The summed E-state index contributed by atoms with van der Waals surface area (Å²) < 4.78 is 11.0. The number of hydrogen-bond acceptors (Lipinski definition) is 4. The van der Waals surface area contributed by atoms with Crippen molar-refractivity contribution in [2.75, 3.05) is 19.8 Å². The Labute approximate surface area is 99.1 Å². The van der Waals surface area contributed by atoms with Crippen LogP contribution < -0.4 is 5.73 Å². The molecule has 3 N–H and O–H groups in total. The molecule has 0 aliphatic rings. The Morgan fingerprint density at radius 3 is 2.12 bits per heavy atom. The fraction of sp³-hybridized carbons (Fsp3) is 1.00. The molecule has 4 nitrogen and oxygen atoms in total. The Balaban J connectivity index is 3.91. The van der Waals surface area contributed by atoms with Crippen LogP contribution in [0.25, 0.3) is 0 Å². The Bertz CT molecular complexity index is 161. The second-order valence-corrected chi connectivity index (χ2v) is 4.44. The Hall–Kier alpha value is -0.160. The van der Waals surface area contributed by atoms with E-state index >= 15 is 0 Å². The summed E-state index contributed by atoms with van der Waals surface area (Å²) in [7, 11) is 0. The third-order valence-electron chi connectivity index (χ3n) is 2.86. The van der Waals surface area contributed by atoms with Gasteiger partial charge in [-0.15, -0.1) is 0 Å². The molecule has 0 saturated carbocycles. The highest BCUT2D eigenvalue weighted by Gasteiger charge is 2.26. The van der Waals surface area contributed by atoms with Gasteiger partial charge in [-0.2, -0.15) is 0 Å². The summed E-state index contributed by atoms with van der Waals surface area (Å²) >= 11 is 0. The minimum Gasteiger partial charge on any atom is -0.388 e. The predicted octanol–water partition coefficient (Wildman–Crippen LogP) is 1.31. The monoisotopic (exact) mass is 233 g/mol. The summed E-state index contributed by atoms with van der Waals surface area (Å²) in [6.07, 6.45) is 1.27. The van der Waals surface area contributed by atoms with Gasteiger partial charge < -0.3 is 20.3 Å². The molecule has 0 aromatic carbocycles. The van der Waals surface area contributed by atoms with Crippen LogP contribution in [-0.4, -0.2) is 42.7 Å². The van der Waals surface area contributed by atoms with E-state index in [0.29, 0.717) is 13.2 Å². The van der Waals surface area contributed by atoms with Crippen LogP contribution in [-0.2, 0) is 9.47 Å². The fourth-order valence-electron chi connectivity index (χ4n) is 1.43. The van der Waals surface area contributed by atoms with Crippen LogP contribution in [0, 0.1) is 0 Å². The lowest BCUT2D eigenvalue weighted by Crippen LogP contribution is -2.42. The molecule has 0 heterocycles. The molecule has 0 bridgehead atoms. The summed E-state index contributed by atoms with van der Waals surface area (Å²) in [4.78, 5) is 0. The van der Waals surface area contributed by atoms with Crippen molar-refractivity contribution >= 4 is 0 Å². The third kappa shape index (κ3) is 5.80. The van der Waals surface area contributed by atoms with E-state index in [4.69, 9.17) is 15.2 Å². The molecule has 98 valence electrons. The van der Waals surface area contributed by atoms with Gasteiger partial charge in [0.1, 0.15) is 6.10 Å². The first-order chi connectivity index (χ1) is 7.49. The largest absolute Gasteiger partial charge is 0.388 e. The van der Waals surface area contributed by atoms with E-state index in [1.807, 2.05) is 27.7 Å². The minimum absolute atomic E-state index is 0.131. The summed E-state index contributed by atoms with van der Waals surface area (Å²) in [6, 6.07) is 0. The number of aliphatic hydroxyl groups excluding tert-OH is 1. The molecule has 0 rings (SSSR count). The lowest BCUT2D eigenvalue weighted by Gasteiger charge is -2.31. The van der Waals surface area contributed by atoms with Crippen molar-refractivity contribution in [3.63, 3.8) is 0 Å². The van der Waals surface area contributed by atoms with E-state index in [9.17, 15) is 5.11 Å². The lowest BCUT2D eigenvalue weighted by molar-refractivity contribution is -0.0993. The zero-order chi connectivity index (χ0) is 12.6.